The molecule has 0 atom stereocenters. The van der Waals surface area contributed by atoms with Crippen molar-refractivity contribution in [3.05, 3.63) is 83.2 Å². The number of para-hydroxylation sites is 2. The number of amides is 1. The van der Waals surface area contributed by atoms with Crippen molar-refractivity contribution in [3.8, 4) is 0 Å². The summed E-state index contributed by atoms with van der Waals surface area (Å²) in [7, 11) is 0. The van der Waals surface area contributed by atoms with Gasteiger partial charge in [-0.3, -0.25) is 9.78 Å². The van der Waals surface area contributed by atoms with E-state index in [9.17, 15) is 9.59 Å². The van der Waals surface area contributed by atoms with Gasteiger partial charge in [0.1, 0.15) is 0 Å². The van der Waals surface area contributed by atoms with E-state index in [1.54, 1.807) is 37.4 Å². The highest BCUT2D eigenvalue weighted by atomic mass is 16.5. The number of anilines is 3. The van der Waals surface area contributed by atoms with E-state index in [1.807, 2.05) is 38.1 Å². The summed E-state index contributed by atoms with van der Waals surface area (Å²) in [4.78, 5) is 29.0. The van der Waals surface area contributed by atoms with Crippen LogP contribution in [0.3, 0.4) is 0 Å². The molecule has 0 aliphatic rings. The van der Waals surface area contributed by atoms with Crippen molar-refractivity contribution in [1.29, 1.82) is 0 Å². The van der Waals surface area contributed by atoms with Gasteiger partial charge in [0, 0.05) is 11.9 Å². The van der Waals surface area contributed by atoms with Crippen molar-refractivity contribution in [3.63, 3.8) is 0 Å². The molecular formula is C23H23N3O3. The van der Waals surface area contributed by atoms with Crippen LogP contribution >= 0.6 is 0 Å². The molecule has 2 N–H and O–H groups in total. The van der Waals surface area contributed by atoms with E-state index in [-0.39, 0.29) is 5.91 Å². The number of carbonyl (C=O) groups is 2. The summed E-state index contributed by atoms with van der Waals surface area (Å²) >= 11 is 0. The molecule has 0 bridgehead atoms. The molecule has 3 rings (SSSR count). The number of hydrogen-bond acceptors (Lipinski definition) is 5. The standard InChI is InChI=1S/C23H23N3O3/c1-4-29-23(28)19-10-5-6-11-20(19)25-18-12-17(13-24-14-18)22(27)26-21-15(2)8-7-9-16(21)3/h5-14,25H,4H2,1-3H3,(H,26,27). The second kappa shape index (κ2) is 9.01. The fourth-order valence-corrected chi connectivity index (χ4v) is 2.96. The first-order valence-corrected chi connectivity index (χ1v) is 9.35. The summed E-state index contributed by atoms with van der Waals surface area (Å²) in [5.74, 6) is -0.662. The molecule has 0 aliphatic heterocycles. The summed E-state index contributed by atoms with van der Waals surface area (Å²) in [6, 6.07) is 14.6. The molecule has 1 heterocycles. The normalized spacial score (nSPS) is 10.3. The highest BCUT2D eigenvalue weighted by Crippen LogP contribution is 2.23. The van der Waals surface area contributed by atoms with Gasteiger partial charge in [0.25, 0.3) is 5.91 Å². The summed E-state index contributed by atoms with van der Waals surface area (Å²) in [5, 5.41) is 6.10. The number of ether oxygens (including phenoxy) is 1. The Morgan fingerprint density at radius 2 is 1.72 bits per heavy atom. The van der Waals surface area contributed by atoms with Gasteiger partial charge in [0.15, 0.2) is 0 Å². The van der Waals surface area contributed by atoms with Gasteiger partial charge in [-0.2, -0.15) is 0 Å². The van der Waals surface area contributed by atoms with Crippen LogP contribution in [-0.2, 0) is 4.74 Å². The Kier molecular flexibility index (Phi) is 6.24. The van der Waals surface area contributed by atoms with E-state index in [0.717, 1.165) is 16.8 Å². The highest BCUT2D eigenvalue weighted by Gasteiger charge is 2.14. The van der Waals surface area contributed by atoms with E-state index in [2.05, 4.69) is 15.6 Å². The van der Waals surface area contributed by atoms with E-state index < -0.39 is 5.97 Å². The number of nitrogens with zero attached hydrogens (tertiary/aromatic N) is 1. The number of esters is 1. The fourth-order valence-electron chi connectivity index (χ4n) is 2.96. The average Bonchev–Trinajstić information content (AvgIpc) is 2.71. The highest BCUT2D eigenvalue weighted by molar-refractivity contribution is 6.05. The summed E-state index contributed by atoms with van der Waals surface area (Å²) < 4.78 is 5.10. The maximum atomic E-state index is 12.7. The van der Waals surface area contributed by atoms with Crippen molar-refractivity contribution < 1.29 is 14.3 Å². The van der Waals surface area contributed by atoms with E-state index >= 15 is 0 Å². The second-order valence-corrected chi connectivity index (χ2v) is 6.57. The Morgan fingerprint density at radius 3 is 2.45 bits per heavy atom. The second-order valence-electron chi connectivity index (χ2n) is 6.57. The van der Waals surface area contributed by atoms with Gasteiger partial charge in [-0.1, -0.05) is 30.3 Å². The topological polar surface area (TPSA) is 80.3 Å². The predicted octanol–water partition coefficient (Wildman–Crippen LogP) is 4.87. The van der Waals surface area contributed by atoms with Crippen molar-refractivity contribution in [2.75, 3.05) is 17.2 Å². The first-order chi connectivity index (χ1) is 14.0. The Balaban J connectivity index is 1.82. The SMILES string of the molecule is CCOC(=O)c1ccccc1Nc1cncc(C(=O)Nc2c(C)cccc2C)c1. The third kappa shape index (κ3) is 4.79. The van der Waals surface area contributed by atoms with Gasteiger partial charge < -0.3 is 15.4 Å². The molecule has 0 fully saturated rings. The lowest BCUT2D eigenvalue weighted by molar-refractivity contribution is 0.0527. The smallest absolute Gasteiger partial charge is 0.340 e. The minimum Gasteiger partial charge on any atom is -0.462 e. The Morgan fingerprint density at radius 1 is 1.00 bits per heavy atom. The van der Waals surface area contributed by atoms with E-state index in [4.69, 9.17) is 4.74 Å². The molecule has 29 heavy (non-hydrogen) atoms. The number of aryl methyl sites for hydroxylation is 2. The lowest BCUT2D eigenvalue weighted by atomic mass is 10.1. The number of aromatic nitrogens is 1. The zero-order valence-electron chi connectivity index (χ0n) is 16.7. The number of hydrogen-bond donors (Lipinski definition) is 2. The molecule has 6 nitrogen and oxygen atoms in total. The van der Waals surface area contributed by atoms with Crippen LogP contribution in [-0.4, -0.2) is 23.5 Å². The lowest BCUT2D eigenvalue weighted by Gasteiger charge is -2.13. The van der Waals surface area contributed by atoms with Crippen molar-refractivity contribution in [2.45, 2.75) is 20.8 Å². The molecule has 3 aromatic rings. The molecule has 0 saturated heterocycles. The molecule has 1 aromatic heterocycles. The van der Waals surface area contributed by atoms with Gasteiger partial charge in [0.05, 0.1) is 35.3 Å². The number of pyridine rings is 1. The maximum absolute atomic E-state index is 12.7. The minimum atomic E-state index is -0.410. The molecule has 2 aromatic carbocycles. The van der Waals surface area contributed by atoms with Gasteiger partial charge in [-0.25, -0.2) is 4.79 Å². The Bertz CT molecular complexity index is 1030. The first-order valence-electron chi connectivity index (χ1n) is 9.35. The van der Waals surface area contributed by atoms with Crippen LogP contribution in [0.1, 0.15) is 38.8 Å². The Hall–Kier alpha value is -3.67. The van der Waals surface area contributed by atoms with E-state index in [0.29, 0.717) is 29.1 Å². The predicted molar refractivity (Wildman–Crippen MR) is 114 cm³/mol. The minimum absolute atomic E-state index is 0.253. The largest absolute Gasteiger partial charge is 0.462 e. The van der Waals surface area contributed by atoms with Crippen LogP contribution in [0.15, 0.2) is 60.9 Å². The van der Waals surface area contributed by atoms with Gasteiger partial charge in [0.2, 0.25) is 0 Å². The van der Waals surface area contributed by atoms with Crippen molar-refractivity contribution in [2.24, 2.45) is 0 Å². The van der Waals surface area contributed by atoms with Gasteiger partial charge >= 0.3 is 5.97 Å². The number of rotatable bonds is 6. The number of benzene rings is 2. The molecule has 0 aliphatic carbocycles. The zero-order valence-corrected chi connectivity index (χ0v) is 16.7. The van der Waals surface area contributed by atoms with Crippen molar-refractivity contribution >= 4 is 28.9 Å². The molecule has 0 radical (unpaired) electrons. The first kappa shape index (κ1) is 20.1. The van der Waals surface area contributed by atoms with Crippen LogP contribution in [0, 0.1) is 13.8 Å². The van der Waals surface area contributed by atoms with Crippen LogP contribution in [0.25, 0.3) is 0 Å². The molecule has 0 unspecified atom stereocenters. The molecule has 0 saturated carbocycles. The summed E-state index contributed by atoms with van der Waals surface area (Å²) in [5.41, 5.74) is 4.78. The fraction of sp³-hybridized carbons (Fsp3) is 0.174. The van der Waals surface area contributed by atoms with E-state index in [1.165, 1.54) is 6.20 Å². The monoisotopic (exact) mass is 389 g/mol. The maximum Gasteiger partial charge on any atom is 0.340 e. The summed E-state index contributed by atoms with van der Waals surface area (Å²) in [6.07, 6.45) is 3.10. The lowest BCUT2D eigenvalue weighted by Crippen LogP contribution is -2.14. The average molecular weight is 389 g/mol. The molecule has 148 valence electrons. The van der Waals surface area contributed by atoms with Crippen molar-refractivity contribution in [1.82, 2.24) is 4.98 Å². The molecular weight excluding hydrogens is 366 g/mol. The van der Waals surface area contributed by atoms with Crippen LogP contribution in [0.5, 0.6) is 0 Å². The number of nitrogens with one attached hydrogen (secondary N) is 2. The number of carbonyl (C=O) groups excluding carboxylic acids is 2. The molecule has 1 amide bonds. The summed E-state index contributed by atoms with van der Waals surface area (Å²) in [6.45, 7) is 5.95. The third-order valence-electron chi connectivity index (χ3n) is 4.42. The van der Waals surface area contributed by atoms with Gasteiger partial charge in [-0.15, -0.1) is 0 Å². The van der Waals surface area contributed by atoms with Crippen LogP contribution in [0.4, 0.5) is 17.1 Å². The Labute approximate surface area is 169 Å². The van der Waals surface area contributed by atoms with Crippen LogP contribution in [0.2, 0.25) is 0 Å². The van der Waals surface area contributed by atoms with Crippen LogP contribution < -0.4 is 10.6 Å². The third-order valence-corrected chi connectivity index (χ3v) is 4.42. The quantitative estimate of drug-likeness (QED) is 0.588. The zero-order chi connectivity index (χ0) is 20.8. The molecule has 6 heteroatoms. The van der Waals surface area contributed by atoms with Gasteiger partial charge in [-0.05, 0) is 50.1 Å². The molecule has 0 spiro atoms.